The van der Waals surface area contributed by atoms with Crippen LogP contribution in [0.4, 0.5) is 20.2 Å². The number of benzene rings is 1. The fourth-order valence-electron chi connectivity index (χ4n) is 3.65. The van der Waals surface area contributed by atoms with Gasteiger partial charge < -0.3 is 10.2 Å². The van der Waals surface area contributed by atoms with Gasteiger partial charge in [0.15, 0.2) is 0 Å². The molecule has 0 bridgehead atoms. The van der Waals surface area contributed by atoms with E-state index in [1.165, 1.54) is 12.1 Å². The average Bonchev–Trinajstić information content (AvgIpc) is 3.30. The molecule has 1 aliphatic rings. The molecule has 0 saturated carbocycles. The molecule has 2 aromatic heterocycles. The first-order valence-electron chi connectivity index (χ1n) is 9.05. The smallest absolute Gasteiger partial charge is 0.224 e. The number of fused-ring (bicyclic) bond motifs is 1. The van der Waals surface area contributed by atoms with Gasteiger partial charge in [-0.25, -0.2) is 13.3 Å². The van der Waals surface area contributed by atoms with E-state index in [2.05, 4.69) is 15.3 Å². The monoisotopic (exact) mass is 370 g/mol. The Morgan fingerprint density at radius 3 is 2.96 bits per heavy atom. The number of pyridine rings is 1. The molecular formula is C20H20F2N4O. The van der Waals surface area contributed by atoms with Crippen molar-refractivity contribution in [1.29, 1.82) is 0 Å². The minimum Gasteiger partial charge on any atom is -0.364 e. The first-order chi connectivity index (χ1) is 13.1. The number of carbonyl (C=O) groups is 1. The Labute approximate surface area is 155 Å². The number of hydrogen-bond donors (Lipinski definition) is 1. The first-order valence-corrected chi connectivity index (χ1v) is 9.05. The zero-order chi connectivity index (χ0) is 19.0. The summed E-state index contributed by atoms with van der Waals surface area (Å²) in [7, 11) is 0. The van der Waals surface area contributed by atoms with Crippen molar-refractivity contribution >= 4 is 22.8 Å². The summed E-state index contributed by atoms with van der Waals surface area (Å²) in [6.45, 7) is 2.54. The quantitative estimate of drug-likeness (QED) is 0.745. The standard InChI is InChI=1S/C20H20F2N4O/c1-2-20(27)24-17-12-23-26-9-7-14(11-19(17)26)25-8-3-4-18(25)15-10-13(21)5-6-16(15)22/h5-7,9-12,18H,2-4,8H2,1H3,(H,24,27)/t18-/m1/s1. The van der Waals surface area contributed by atoms with Crippen LogP contribution in [-0.4, -0.2) is 22.1 Å². The number of rotatable bonds is 4. The average molecular weight is 370 g/mol. The molecule has 1 saturated heterocycles. The molecule has 3 aromatic rings. The summed E-state index contributed by atoms with van der Waals surface area (Å²) >= 11 is 0. The van der Waals surface area contributed by atoms with Gasteiger partial charge in [0, 0.05) is 30.4 Å². The Kier molecular flexibility index (Phi) is 4.51. The molecule has 27 heavy (non-hydrogen) atoms. The van der Waals surface area contributed by atoms with Crippen LogP contribution < -0.4 is 10.2 Å². The number of hydrogen-bond acceptors (Lipinski definition) is 3. The van der Waals surface area contributed by atoms with E-state index in [1.807, 2.05) is 18.3 Å². The maximum atomic E-state index is 14.3. The minimum absolute atomic E-state index is 0.0869. The largest absolute Gasteiger partial charge is 0.364 e. The van der Waals surface area contributed by atoms with E-state index < -0.39 is 11.6 Å². The third kappa shape index (κ3) is 3.25. The van der Waals surface area contributed by atoms with Crippen molar-refractivity contribution in [3.63, 3.8) is 0 Å². The van der Waals surface area contributed by atoms with Crippen LogP contribution in [0.25, 0.3) is 5.52 Å². The fourth-order valence-corrected chi connectivity index (χ4v) is 3.65. The molecule has 4 rings (SSSR count). The van der Waals surface area contributed by atoms with E-state index in [-0.39, 0.29) is 11.9 Å². The summed E-state index contributed by atoms with van der Waals surface area (Å²) in [5.74, 6) is -0.917. The molecule has 5 nitrogen and oxygen atoms in total. The van der Waals surface area contributed by atoms with Crippen molar-refractivity contribution < 1.29 is 13.6 Å². The van der Waals surface area contributed by atoms with Crippen LogP contribution in [0, 0.1) is 11.6 Å². The molecule has 0 spiro atoms. The summed E-state index contributed by atoms with van der Waals surface area (Å²) in [6.07, 6.45) is 5.45. The van der Waals surface area contributed by atoms with Crippen LogP contribution in [0.5, 0.6) is 0 Å². The summed E-state index contributed by atoms with van der Waals surface area (Å²) in [5, 5.41) is 7.09. The second kappa shape index (κ2) is 6.98. The van der Waals surface area contributed by atoms with Crippen molar-refractivity contribution in [1.82, 2.24) is 9.61 Å². The Morgan fingerprint density at radius 2 is 2.15 bits per heavy atom. The van der Waals surface area contributed by atoms with E-state index >= 15 is 0 Å². The molecule has 7 heteroatoms. The summed E-state index contributed by atoms with van der Waals surface area (Å²) in [6, 6.07) is 7.20. The summed E-state index contributed by atoms with van der Waals surface area (Å²) < 4.78 is 29.7. The lowest BCUT2D eigenvalue weighted by molar-refractivity contribution is -0.115. The lowest BCUT2D eigenvalue weighted by Gasteiger charge is -2.27. The Morgan fingerprint density at radius 1 is 1.30 bits per heavy atom. The van der Waals surface area contributed by atoms with Gasteiger partial charge in [-0.3, -0.25) is 4.79 Å². The van der Waals surface area contributed by atoms with Crippen molar-refractivity contribution in [3.8, 4) is 0 Å². The predicted octanol–water partition coefficient (Wildman–Crippen LogP) is 4.30. The van der Waals surface area contributed by atoms with Gasteiger partial charge in [-0.05, 0) is 43.2 Å². The van der Waals surface area contributed by atoms with Gasteiger partial charge in [-0.1, -0.05) is 6.92 Å². The van der Waals surface area contributed by atoms with Gasteiger partial charge in [0.2, 0.25) is 5.91 Å². The molecule has 1 fully saturated rings. The zero-order valence-electron chi connectivity index (χ0n) is 15.0. The molecule has 1 aliphatic heterocycles. The SMILES string of the molecule is CCC(=O)Nc1cnn2ccc(N3CCC[C@@H]3c3cc(F)ccc3F)cc12. The van der Waals surface area contributed by atoms with Crippen LogP contribution in [-0.2, 0) is 4.79 Å². The van der Waals surface area contributed by atoms with E-state index in [9.17, 15) is 13.6 Å². The number of nitrogens with one attached hydrogen (secondary N) is 1. The Hall–Kier alpha value is -2.96. The van der Waals surface area contributed by atoms with Gasteiger partial charge in [0.05, 0.1) is 23.4 Å². The van der Waals surface area contributed by atoms with E-state index in [0.29, 0.717) is 17.7 Å². The fraction of sp³-hybridized carbons (Fsp3) is 0.300. The van der Waals surface area contributed by atoms with Gasteiger partial charge >= 0.3 is 0 Å². The third-order valence-corrected chi connectivity index (χ3v) is 5.00. The predicted molar refractivity (Wildman–Crippen MR) is 99.8 cm³/mol. The molecule has 140 valence electrons. The number of nitrogens with zero attached hydrogens (tertiary/aromatic N) is 3. The molecule has 1 N–H and O–H groups in total. The van der Waals surface area contributed by atoms with Crippen LogP contribution in [0.15, 0.2) is 42.7 Å². The van der Waals surface area contributed by atoms with Gasteiger partial charge in [-0.2, -0.15) is 5.10 Å². The first kappa shape index (κ1) is 17.5. The number of aromatic nitrogens is 2. The van der Waals surface area contributed by atoms with Crippen molar-refractivity contribution in [3.05, 3.63) is 59.9 Å². The molecule has 0 aliphatic carbocycles. The minimum atomic E-state index is -0.436. The van der Waals surface area contributed by atoms with Gasteiger partial charge in [-0.15, -0.1) is 0 Å². The summed E-state index contributed by atoms with van der Waals surface area (Å²) in [4.78, 5) is 13.8. The van der Waals surface area contributed by atoms with Crippen molar-refractivity contribution in [2.75, 3.05) is 16.8 Å². The number of carbonyl (C=O) groups excluding carboxylic acids is 1. The topological polar surface area (TPSA) is 49.6 Å². The van der Waals surface area contributed by atoms with Crippen LogP contribution in [0.1, 0.15) is 37.8 Å². The number of halogens is 2. The molecule has 3 heterocycles. The molecule has 0 radical (unpaired) electrons. The second-order valence-electron chi connectivity index (χ2n) is 6.69. The van der Waals surface area contributed by atoms with Crippen LogP contribution in [0.3, 0.4) is 0 Å². The Bertz CT molecular complexity index is 1000. The van der Waals surface area contributed by atoms with E-state index in [1.54, 1.807) is 17.6 Å². The molecule has 0 unspecified atom stereocenters. The van der Waals surface area contributed by atoms with Crippen LogP contribution >= 0.6 is 0 Å². The van der Waals surface area contributed by atoms with Crippen molar-refractivity contribution in [2.45, 2.75) is 32.2 Å². The number of anilines is 2. The highest BCUT2D eigenvalue weighted by Gasteiger charge is 2.29. The molecular weight excluding hydrogens is 350 g/mol. The third-order valence-electron chi connectivity index (χ3n) is 5.00. The molecule has 1 amide bonds. The van der Waals surface area contributed by atoms with Crippen LogP contribution in [0.2, 0.25) is 0 Å². The highest BCUT2D eigenvalue weighted by Crippen LogP contribution is 2.38. The lowest BCUT2D eigenvalue weighted by Crippen LogP contribution is -2.23. The lowest BCUT2D eigenvalue weighted by atomic mass is 10.0. The zero-order valence-corrected chi connectivity index (χ0v) is 15.0. The highest BCUT2D eigenvalue weighted by atomic mass is 19.1. The molecule has 1 atom stereocenters. The van der Waals surface area contributed by atoms with Gasteiger partial charge in [0.25, 0.3) is 0 Å². The summed E-state index contributed by atoms with van der Waals surface area (Å²) in [5.41, 5.74) is 2.66. The van der Waals surface area contributed by atoms with E-state index in [4.69, 9.17) is 0 Å². The second-order valence-corrected chi connectivity index (χ2v) is 6.69. The van der Waals surface area contributed by atoms with Gasteiger partial charge in [0.1, 0.15) is 11.6 Å². The molecule has 1 aromatic carbocycles. The Balaban J connectivity index is 1.71. The maximum Gasteiger partial charge on any atom is 0.224 e. The maximum absolute atomic E-state index is 14.3. The normalized spacial score (nSPS) is 16.9. The van der Waals surface area contributed by atoms with E-state index in [0.717, 1.165) is 36.7 Å². The highest BCUT2D eigenvalue weighted by molar-refractivity contribution is 5.95. The number of amides is 1. The van der Waals surface area contributed by atoms with Crippen molar-refractivity contribution in [2.24, 2.45) is 0 Å².